The maximum atomic E-state index is 6.21. The van der Waals surface area contributed by atoms with Crippen molar-refractivity contribution in [2.45, 2.75) is 17.5 Å². The first-order valence-electron chi connectivity index (χ1n) is 9.82. The third kappa shape index (κ3) is 5.60. The number of hydrazone groups is 1. The molecule has 0 aliphatic carbocycles. The summed E-state index contributed by atoms with van der Waals surface area (Å²) in [5.41, 5.74) is 5.73. The fraction of sp³-hybridized carbons (Fsp3) is 0.0870. The Morgan fingerprint density at radius 3 is 2.59 bits per heavy atom. The van der Waals surface area contributed by atoms with E-state index in [1.165, 1.54) is 22.0 Å². The first-order valence-corrected chi connectivity index (χ1v) is 11.2. The van der Waals surface area contributed by atoms with Gasteiger partial charge in [0.15, 0.2) is 0 Å². The predicted molar refractivity (Wildman–Crippen MR) is 130 cm³/mol. The van der Waals surface area contributed by atoms with Crippen molar-refractivity contribution in [1.82, 2.24) is 14.9 Å². The van der Waals surface area contributed by atoms with Gasteiger partial charge < -0.3 is 10.6 Å². The molecule has 0 spiro atoms. The van der Waals surface area contributed by atoms with Crippen molar-refractivity contribution in [3.05, 3.63) is 101 Å². The molecular formula is C23H21ClN6OS. The number of benzene rings is 3. The van der Waals surface area contributed by atoms with Gasteiger partial charge in [0.25, 0.3) is 5.95 Å². The maximum absolute atomic E-state index is 6.21. The Labute approximate surface area is 195 Å². The predicted octanol–water partition coefficient (Wildman–Crippen LogP) is 4.96. The molecule has 4 aromatic rings. The lowest BCUT2D eigenvalue weighted by molar-refractivity contribution is 0.306. The number of hydrogen-bond donors (Lipinski definition) is 2. The minimum absolute atomic E-state index is 0.339. The van der Waals surface area contributed by atoms with Crippen molar-refractivity contribution in [2.24, 2.45) is 5.10 Å². The quantitative estimate of drug-likeness (QED) is 0.157. The molecule has 32 heavy (non-hydrogen) atoms. The van der Waals surface area contributed by atoms with Gasteiger partial charge in [0.2, 0.25) is 5.16 Å². The number of nitrogen functional groups attached to an aromatic ring is 1. The van der Waals surface area contributed by atoms with E-state index in [1.54, 1.807) is 6.21 Å². The number of aromatic nitrogens is 3. The highest BCUT2D eigenvalue weighted by Gasteiger charge is 2.10. The molecule has 4 rings (SSSR count). The molecule has 0 aliphatic heterocycles. The van der Waals surface area contributed by atoms with Crippen molar-refractivity contribution in [2.75, 3.05) is 11.3 Å². The zero-order valence-electron chi connectivity index (χ0n) is 17.1. The van der Waals surface area contributed by atoms with Crippen molar-refractivity contribution < 1.29 is 4.74 Å². The normalized spacial score (nSPS) is 11.0. The molecule has 9 heteroatoms. The fourth-order valence-electron chi connectivity index (χ4n) is 2.82. The van der Waals surface area contributed by atoms with Crippen LogP contribution >= 0.6 is 23.4 Å². The van der Waals surface area contributed by atoms with Gasteiger partial charge in [0.05, 0.1) is 6.21 Å². The number of nitrogens with one attached hydrogen (secondary N) is 1. The second kappa shape index (κ2) is 10.7. The van der Waals surface area contributed by atoms with Crippen molar-refractivity contribution in [3.63, 3.8) is 0 Å². The molecule has 0 fully saturated rings. The second-order valence-corrected chi connectivity index (χ2v) is 8.09. The van der Waals surface area contributed by atoms with Gasteiger partial charge in [-0.2, -0.15) is 5.10 Å². The van der Waals surface area contributed by atoms with Crippen LogP contribution in [0, 0.1) is 0 Å². The zero-order valence-corrected chi connectivity index (χ0v) is 18.6. The lowest BCUT2D eigenvalue weighted by Gasteiger charge is -2.10. The number of nitrogens with two attached hydrogens (primary N) is 1. The molecule has 1 aromatic heterocycles. The first kappa shape index (κ1) is 21.7. The van der Waals surface area contributed by atoms with Crippen LogP contribution in [0.3, 0.4) is 0 Å². The highest BCUT2D eigenvalue weighted by Crippen LogP contribution is 2.22. The number of anilines is 1. The lowest BCUT2D eigenvalue weighted by Crippen LogP contribution is -2.13. The summed E-state index contributed by atoms with van der Waals surface area (Å²) < 4.78 is 7.32. The summed E-state index contributed by atoms with van der Waals surface area (Å²) in [4.78, 5) is 0. The summed E-state index contributed by atoms with van der Waals surface area (Å²) in [5, 5.41) is 13.7. The first-order chi connectivity index (χ1) is 15.7. The van der Waals surface area contributed by atoms with Gasteiger partial charge in [0, 0.05) is 21.9 Å². The van der Waals surface area contributed by atoms with Gasteiger partial charge in [-0.05, 0) is 23.8 Å². The molecule has 0 radical (unpaired) electrons. The van der Waals surface area contributed by atoms with Gasteiger partial charge in [-0.25, -0.2) is 10.1 Å². The number of halogens is 1. The Morgan fingerprint density at radius 1 is 1.00 bits per heavy atom. The molecule has 0 saturated heterocycles. The van der Waals surface area contributed by atoms with E-state index in [0.717, 1.165) is 16.9 Å². The van der Waals surface area contributed by atoms with Crippen LogP contribution in [0.2, 0.25) is 5.02 Å². The molecule has 0 saturated carbocycles. The van der Waals surface area contributed by atoms with Crippen LogP contribution in [0.1, 0.15) is 16.7 Å². The third-order valence-electron chi connectivity index (χ3n) is 4.50. The Hall–Kier alpha value is -3.49. The summed E-state index contributed by atoms with van der Waals surface area (Å²) >= 11 is 7.71. The molecule has 0 unspecified atom stereocenters. The summed E-state index contributed by atoms with van der Waals surface area (Å²) in [6.07, 6.45) is 1.65. The SMILES string of the molecule is Nn1c(N/N=C/c2ccccc2OCc2ccccc2Cl)nnc1SCc1ccccc1. The minimum Gasteiger partial charge on any atom is -0.488 e. The van der Waals surface area contributed by atoms with E-state index < -0.39 is 0 Å². The Kier molecular flexibility index (Phi) is 7.27. The van der Waals surface area contributed by atoms with Crippen LogP contribution in [0.25, 0.3) is 0 Å². The summed E-state index contributed by atoms with van der Waals surface area (Å²) in [5.74, 6) is 7.87. The molecule has 7 nitrogen and oxygen atoms in total. The lowest BCUT2D eigenvalue weighted by atomic mass is 10.2. The number of ether oxygens (including phenoxy) is 1. The summed E-state index contributed by atoms with van der Waals surface area (Å²) in [6.45, 7) is 0.358. The van der Waals surface area contributed by atoms with Crippen LogP contribution in [0.5, 0.6) is 5.75 Å². The monoisotopic (exact) mass is 464 g/mol. The van der Waals surface area contributed by atoms with E-state index in [4.69, 9.17) is 22.2 Å². The van der Waals surface area contributed by atoms with Crippen LogP contribution in [-0.4, -0.2) is 21.1 Å². The van der Waals surface area contributed by atoms with Gasteiger partial charge in [-0.1, -0.05) is 84.0 Å². The van der Waals surface area contributed by atoms with Crippen LogP contribution in [0.15, 0.2) is 89.1 Å². The summed E-state index contributed by atoms with van der Waals surface area (Å²) in [7, 11) is 0. The number of para-hydroxylation sites is 1. The molecule has 0 atom stereocenters. The molecule has 3 N–H and O–H groups in total. The number of nitrogens with zero attached hydrogens (tertiary/aromatic N) is 4. The van der Waals surface area contributed by atoms with E-state index in [1.807, 2.05) is 66.7 Å². The largest absolute Gasteiger partial charge is 0.488 e. The van der Waals surface area contributed by atoms with Crippen LogP contribution in [-0.2, 0) is 12.4 Å². The Bertz CT molecular complexity index is 1200. The Morgan fingerprint density at radius 2 is 1.75 bits per heavy atom. The average molecular weight is 465 g/mol. The molecule has 0 amide bonds. The molecule has 0 bridgehead atoms. The number of thioether (sulfide) groups is 1. The average Bonchev–Trinajstić information content (AvgIpc) is 3.18. The van der Waals surface area contributed by atoms with Crippen LogP contribution in [0.4, 0.5) is 5.95 Å². The standard InChI is InChI=1S/C23H21ClN6OS/c24-20-12-6-4-11-19(20)15-31-21-13-7-5-10-18(21)14-26-27-22-28-29-23(30(22)25)32-16-17-8-2-1-3-9-17/h1-14H,15-16,25H2,(H,27,28)/b26-14+. The number of hydrogen-bond acceptors (Lipinski definition) is 7. The highest BCUT2D eigenvalue weighted by molar-refractivity contribution is 7.98. The van der Waals surface area contributed by atoms with E-state index in [0.29, 0.717) is 28.5 Å². The highest BCUT2D eigenvalue weighted by atomic mass is 35.5. The Balaban J connectivity index is 1.37. The van der Waals surface area contributed by atoms with E-state index >= 15 is 0 Å². The van der Waals surface area contributed by atoms with Crippen molar-refractivity contribution in [3.8, 4) is 5.75 Å². The molecule has 0 aliphatic rings. The maximum Gasteiger partial charge on any atom is 0.264 e. The van der Waals surface area contributed by atoms with Crippen molar-refractivity contribution >= 4 is 35.5 Å². The summed E-state index contributed by atoms with van der Waals surface area (Å²) in [6, 6.07) is 25.3. The smallest absolute Gasteiger partial charge is 0.264 e. The van der Waals surface area contributed by atoms with Crippen LogP contribution < -0.4 is 16.0 Å². The van der Waals surface area contributed by atoms with Crippen molar-refractivity contribution in [1.29, 1.82) is 0 Å². The zero-order chi connectivity index (χ0) is 22.2. The molecular weight excluding hydrogens is 444 g/mol. The van der Waals surface area contributed by atoms with E-state index in [-0.39, 0.29) is 0 Å². The number of rotatable bonds is 9. The molecule has 1 heterocycles. The minimum atomic E-state index is 0.339. The third-order valence-corrected chi connectivity index (χ3v) is 5.89. The fourth-order valence-corrected chi connectivity index (χ4v) is 3.83. The molecule has 3 aromatic carbocycles. The topological polar surface area (TPSA) is 90.3 Å². The van der Waals surface area contributed by atoms with Gasteiger partial charge in [0.1, 0.15) is 12.4 Å². The van der Waals surface area contributed by atoms with E-state index in [9.17, 15) is 0 Å². The van der Waals surface area contributed by atoms with E-state index in [2.05, 4.69) is 32.9 Å². The van der Waals surface area contributed by atoms with Gasteiger partial charge in [-0.3, -0.25) is 0 Å². The molecule has 162 valence electrons. The second-order valence-electron chi connectivity index (χ2n) is 6.74. The van der Waals surface area contributed by atoms with Gasteiger partial charge >= 0.3 is 0 Å². The van der Waals surface area contributed by atoms with Gasteiger partial charge in [-0.15, -0.1) is 10.2 Å².